The number of aromatic amines is 1. The van der Waals surface area contributed by atoms with E-state index in [2.05, 4.69) is 11.9 Å². The Morgan fingerprint density at radius 3 is 2.94 bits per heavy atom. The number of likely N-dealkylation sites (tertiary alicyclic amines) is 1. The average molecular weight is 228 g/mol. The fourth-order valence-electron chi connectivity index (χ4n) is 2.58. The van der Waals surface area contributed by atoms with Gasteiger partial charge in [-0.3, -0.25) is 4.79 Å². The van der Waals surface area contributed by atoms with Crippen molar-refractivity contribution in [2.24, 2.45) is 0 Å². The molecule has 0 saturated carbocycles. The smallest absolute Gasteiger partial charge is 0.270 e. The van der Waals surface area contributed by atoms with E-state index in [1.807, 2.05) is 35.2 Å². The average Bonchev–Trinajstić information content (AvgIpc) is 2.93. The number of aromatic nitrogens is 1. The van der Waals surface area contributed by atoms with Crippen LogP contribution in [0.2, 0.25) is 0 Å². The first-order chi connectivity index (χ1) is 8.25. The number of fused-ring (bicyclic) bond motifs is 1. The van der Waals surface area contributed by atoms with Gasteiger partial charge >= 0.3 is 0 Å². The monoisotopic (exact) mass is 228 g/mol. The fraction of sp³-hybridized carbons (Fsp3) is 0.357. The van der Waals surface area contributed by atoms with E-state index in [0.29, 0.717) is 11.7 Å². The summed E-state index contributed by atoms with van der Waals surface area (Å²) < 4.78 is 0. The van der Waals surface area contributed by atoms with E-state index in [1.165, 1.54) is 0 Å². The molecule has 1 aliphatic heterocycles. The summed E-state index contributed by atoms with van der Waals surface area (Å²) in [6, 6.07) is 10.3. The van der Waals surface area contributed by atoms with Gasteiger partial charge in [-0.2, -0.15) is 0 Å². The molecule has 1 aliphatic rings. The molecule has 1 aromatic carbocycles. The zero-order chi connectivity index (χ0) is 11.8. The normalized spacial score (nSPS) is 20.1. The molecule has 1 atom stereocenters. The second kappa shape index (κ2) is 3.91. The van der Waals surface area contributed by atoms with Crippen molar-refractivity contribution in [2.45, 2.75) is 25.8 Å². The van der Waals surface area contributed by atoms with Crippen molar-refractivity contribution in [1.82, 2.24) is 9.88 Å². The third-order valence-corrected chi connectivity index (χ3v) is 3.57. The van der Waals surface area contributed by atoms with Crippen LogP contribution in [-0.2, 0) is 0 Å². The first-order valence-electron chi connectivity index (χ1n) is 6.14. The van der Waals surface area contributed by atoms with Crippen molar-refractivity contribution in [2.75, 3.05) is 6.54 Å². The second-order valence-electron chi connectivity index (χ2n) is 4.76. The molecule has 0 unspecified atom stereocenters. The van der Waals surface area contributed by atoms with E-state index < -0.39 is 0 Å². The molecular formula is C14H16N2O. The van der Waals surface area contributed by atoms with Gasteiger partial charge in [-0.1, -0.05) is 18.2 Å². The lowest BCUT2D eigenvalue weighted by Gasteiger charge is -2.20. The standard InChI is InChI=1S/C14H16N2O/c1-10-5-4-8-16(10)14(17)13-9-11-6-2-3-7-12(11)15-13/h2-3,6-7,9-10,15H,4-5,8H2,1H3/t10-/m1/s1. The van der Waals surface area contributed by atoms with E-state index in [1.54, 1.807) is 0 Å². The zero-order valence-electron chi connectivity index (χ0n) is 9.94. The van der Waals surface area contributed by atoms with Gasteiger partial charge in [0.05, 0.1) is 0 Å². The second-order valence-corrected chi connectivity index (χ2v) is 4.76. The highest BCUT2D eigenvalue weighted by atomic mass is 16.2. The number of carbonyl (C=O) groups excluding carboxylic acids is 1. The van der Waals surface area contributed by atoms with Gasteiger partial charge in [0.1, 0.15) is 5.69 Å². The molecular weight excluding hydrogens is 212 g/mol. The van der Waals surface area contributed by atoms with Crippen molar-refractivity contribution in [3.8, 4) is 0 Å². The van der Waals surface area contributed by atoms with E-state index in [0.717, 1.165) is 30.3 Å². The minimum Gasteiger partial charge on any atom is -0.351 e. The van der Waals surface area contributed by atoms with Crippen LogP contribution in [0.1, 0.15) is 30.3 Å². The Balaban J connectivity index is 1.95. The Bertz CT molecular complexity index is 525. The number of benzene rings is 1. The number of nitrogens with zero attached hydrogens (tertiary/aromatic N) is 1. The predicted molar refractivity (Wildman–Crippen MR) is 68.0 cm³/mol. The third-order valence-electron chi connectivity index (χ3n) is 3.57. The Kier molecular flexibility index (Phi) is 2.39. The van der Waals surface area contributed by atoms with Gasteiger partial charge in [-0.15, -0.1) is 0 Å². The van der Waals surface area contributed by atoms with Crippen LogP contribution in [0.25, 0.3) is 10.9 Å². The van der Waals surface area contributed by atoms with Crippen molar-refractivity contribution in [1.29, 1.82) is 0 Å². The summed E-state index contributed by atoms with van der Waals surface area (Å²) in [6.45, 7) is 3.00. The summed E-state index contributed by atoms with van der Waals surface area (Å²) in [7, 11) is 0. The van der Waals surface area contributed by atoms with Gasteiger partial charge in [0, 0.05) is 23.5 Å². The largest absolute Gasteiger partial charge is 0.351 e. The predicted octanol–water partition coefficient (Wildman–Crippen LogP) is 2.79. The lowest BCUT2D eigenvalue weighted by atomic mass is 10.2. The summed E-state index contributed by atoms with van der Waals surface area (Å²) in [5.41, 5.74) is 1.74. The van der Waals surface area contributed by atoms with Crippen LogP contribution in [0.5, 0.6) is 0 Å². The number of rotatable bonds is 1. The lowest BCUT2D eigenvalue weighted by molar-refractivity contribution is 0.0742. The van der Waals surface area contributed by atoms with E-state index in [9.17, 15) is 4.79 Å². The first kappa shape index (κ1) is 10.4. The highest BCUT2D eigenvalue weighted by Gasteiger charge is 2.26. The van der Waals surface area contributed by atoms with Gasteiger partial charge in [-0.05, 0) is 31.9 Å². The number of nitrogens with one attached hydrogen (secondary N) is 1. The minimum absolute atomic E-state index is 0.131. The van der Waals surface area contributed by atoms with Gasteiger partial charge in [0.2, 0.25) is 0 Å². The van der Waals surface area contributed by atoms with Crippen LogP contribution in [0.3, 0.4) is 0 Å². The molecule has 17 heavy (non-hydrogen) atoms. The van der Waals surface area contributed by atoms with Crippen molar-refractivity contribution in [3.63, 3.8) is 0 Å². The number of hydrogen-bond donors (Lipinski definition) is 1. The minimum atomic E-state index is 0.131. The molecule has 2 heterocycles. The van der Waals surface area contributed by atoms with Crippen molar-refractivity contribution in [3.05, 3.63) is 36.0 Å². The van der Waals surface area contributed by atoms with Crippen molar-refractivity contribution < 1.29 is 4.79 Å². The van der Waals surface area contributed by atoms with Crippen LogP contribution in [0, 0.1) is 0 Å². The number of para-hydroxylation sites is 1. The number of carbonyl (C=O) groups is 1. The molecule has 88 valence electrons. The molecule has 1 saturated heterocycles. The Morgan fingerprint density at radius 1 is 1.41 bits per heavy atom. The molecule has 1 N–H and O–H groups in total. The van der Waals surface area contributed by atoms with Gasteiger partial charge in [0.25, 0.3) is 5.91 Å². The van der Waals surface area contributed by atoms with Crippen LogP contribution in [0.4, 0.5) is 0 Å². The Morgan fingerprint density at radius 2 is 2.24 bits per heavy atom. The molecule has 3 heteroatoms. The molecule has 1 fully saturated rings. The van der Waals surface area contributed by atoms with E-state index in [-0.39, 0.29) is 5.91 Å². The maximum absolute atomic E-state index is 12.3. The summed E-state index contributed by atoms with van der Waals surface area (Å²) in [6.07, 6.45) is 2.24. The molecule has 0 radical (unpaired) electrons. The molecule has 1 aromatic heterocycles. The molecule has 0 spiro atoms. The van der Waals surface area contributed by atoms with Gasteiger partial charge in [-0.25, -0.2) is 0 Å². The SMILES string of the molecule is C[C@@H]1CCCN1C(=O)c1cc2ccccc2[nH]1. The van der Waals surface area contributed by atoms with Crippen LogP contribution >= 0.6 is 0 Å². The maximum atomic E-state index is 12.3. The summed E-state index contributed by atoms with van der Waals surface area (Å²) in [5.74, 6) is 0.131. The zero-order valence-corrected chi connectivity index (χ0v) is 9.94. The fourth-order valence-corrected chi connectivity index (χ4v) is 2.58. The van der Waals surface area contributed by atoms with E-state index in [4.69, 9.17) is 0 Å². The quantitative estimate of drug-likeness (QED) is 0.800. The van der Waals surface area contributed by atoms with Crippen LogP contribution in [-0.4, -0.2) is 28.4 Å². The highest BCUT2D eigenvalue weighted by molar-refractivity contribution is 5.98. The molecule has 0 bridgehead atoms. The third kappa shape index (κ3) is 1.71. The number of hydrogen-bond acceptors (Lipinski definition) is 1. The molecule has 0 aliphatic carbocycles. The Hall–Kier alpha value is -1.77. The van der Waals surface area contributed by atoms with Crippen LogP contribution in [0.15, 0.2) is 30.3 Å². The lowest BCUT2D eigenvalue weighted by Crippen LogP contribution is -2.33. The molecule has 3 nitrogen and oxygen atoms in total. The number of amides is 1. The summed E-state index contributed by atoms with van der Waals surface area (Å²) in [4.78, 5) is 17.5. The molecule has 3 rings (SSSR count). The van der Waals surface area contributed by atoms with Crippen LogP contribution < -0.4 is 0 Å². The van der Waals surface area contributed by atoms with Gasteiger partial charge < -0.3 is 9.88 Å². The van der Waals surface area contributed by atoms with Crippen molar-refractivity contribution >= 4 is 16.8 Å². The maximum Gasteiger partial charge on any atom is 0.270 e. The Labute approximate surface area is 100 Å². The topological polar surface area (TPSA) is 36.1 Å². The summed E-state index contributed by atoms with van der Waals surface area (Å²) >= 11 is 0. The molecule has 2 aromatic rings. The first-order valence-corrected chi connectivity index (χ1v) is 6.14. The van der Waals surface area contributed by atoms with Gasteiger partial charge in [0.15, 0.2) is 0 Å². The molecule has 1 amide bonds. The van der Waals surface area contributed by atoms with E-state index >= 15 is 0 Å². The summed E-state index contributed by atoms with van der Waals surface area (Å²) in [5, 5.41) is 1.10. The highest BCUT2D eigenvalue weighted by Crippen LogP contribution is 2.21. The number of H-pyrrole nitrogens is 1.